The molecule has 2 aliphatic rings. The van der Waals surface area contributed by atoms with Crippen LogP contribution in [-0.2, 0) is 0 Å². The summed E-state index contributed by atoms with van der Waals surface area (Å²) < 4.78 is 0. The molecule has 4 heteroatoms. The maximum Gasteiger partial charge on any atom is 0.145 e. The summed E-state index contributed by atoms with van der Waals surface area (Å²) in [5.41, 5.74) is 2.49. The smallest absolute Gasteiger partial charge is 0.145 e. The maximum atomic E-state index is 4.88. The highest BCUT2D eigenvalue weighted by Gasteiger charge is 2.28. The standard InChI is InChI=1S/C16H26N4/c1-11(2)14-10-15(13-4-5-13)19-16(18-14)12(3)20-8-6-17-7-9-20/h10-13,17H,4-9H2,1-3H3. The van der Waals surface area contributed by atoms with Gasteiger partial charge in [0.1, 0.15) is 5.82 Å². The lowest BCUT2D eigenvalue weighted by Crippen LogP contribution is -2.44. The van der Waals surface area contributed by atoms with Crippen molar-refractivity contribution in [2.45, 2.75) is 51.5 Å². The van der Waals surface area contributed by atoms with E-state index in [1.165, 1.54) is 24.2 Å². The van der Waals surface area contributed by atoms with E-state index in [0.717, 1.165) is 32.0 Å². The number of rotatable bonds is 4. The van der Waals surface area contributed by atoms with Crippen molar-refractivity contribution in [3.05, 3.63) is 23.3 Å². The molecule has 1 saturated heterocycles. The van der Waals surface area contributed by atoms with Gasteiger partial charge in [-0.25, -0.2) is 9.97 Å². The average molecular weight is 274 g/mol. The molecule has 110 valence electrons. The third-order valence-corrected chi connectivity index (χ3v) is 4.44. The summed E-state index contributed by atoms with van der Waals surface area (Å²) in [6.45, 7) is 11.0. The van der Waals surface area contributed by atoms with Gasteiger partial charge in [0.25, 0.3) is 0 Å². The fourth-order valence-electron chi connectivity index (χ4n) is 2.81. The first-order chi connectivity index (χ1) is 9.65. The Hall–Kier alpha value is -1.00. The first-order valence-electron chi connectivity index (χ1n) is 7.98. The van der Waals surface area contributed by atoms with Crippen molar-refractivity contribution in [2.24, 2.45) is 0 Å². The van der Waals surface area contributed by atoms with Crippen LogP contribution < -0.4 is 5.32 Å². The van der Waals surface area contributed by atoms with Crippen LogP contribution in [0.5, 0.6) is 0 Å². The minimum Gasteiger partial charge on any atom is -0.314 e. The Labute approximate surface area is 122 Å². The molecule has 1 aliphatic heterocycles. The summed E-state index contributed by atoms with van der Waals surface area (Å²) >= 11 is 0. The summed E-state index contributed by atoms with van der Waals surface area (Å²) in [7, 11) is 0. The van der Waals surface area contributed by atoms with E-state index in [-0.39, 0.29) is 0 Å². The van der Waals surface area contributed by atoms with Crippen LogP contribution in [0.4, 0.5) is 0 Å². The monoisotopic (exact) mass is 274 g/mol. The van der Waals surface area contributed by atoms with E-state index in [9.17, 15) is 0 Å². The largest absolute Gasteiger partial charge is 0.314 e. The van der Waals surface area contributed by atoms with Crippen molar-refractivity contribution in [3.63, 3.8) is 0 Å². The van der Waals surface area contributed by atoms with Gasteiger partial charge in [-0.3, -0.25) is 4.90 Å². The molecule has 2 fully saturated rings. The molecule has 1 aromatic heterocycles. The molecular weight excluding hydrogens is 248 g/mol. The Balaban J connectivity index is 1.86. The second-order valence-electron chi connectivity index (χ2n) is 6.47. The molecule has 4 nitrogen and oxygen atoms in total. The van der Waals surface area contributed by atoms with Crippen LogP contribution in [0.3, 0.4) is 0 Å². The number of aromatic nitrogens is 2. The zero-order valence-electron chi connectivity index (χ0n) is 12.9. The van der Waals surface area contributed by atoms with E-state index in [2.05, 4.69) is 37.1 Å². The minimum atomic E-state index is 0.327. The quantitative estimate of drug-likeness (QED) is 0.915. The second kappa shape index (κ2) is 5.78. The van der Waals surface area contributed by atoms with E-state index in [1.54, 1.807) is 0 Å². The van der Waals surface area contributed by atoms with Gasteiger partial charge in [-0.1, -0.05) is 13.8 Å². The molecule has 0 spiro atoms. The molecule has 1 N–H and O–H groups in total. The van der Waals surface area contributed by atoms with Gasteiger partial charge in [-0.05, 0) is 31.7 Å². The zero-order valence-corrected chi connectivity index (χ0v) is 12.9. The minimum absolute atomic E-state index is 0.327. The van der Waals surface area contributed by atoms with Gasteiger partial charge in [0.05, 0.1) is 6.04 Å². The molecule has 1 atom stereocenters. The van der Waals surface area contributed by atoms with E-state index < -0.39 is 0 Å². The van der Waals surface area contributed by atoms with Crippen LogP contribution in [0.2, 0.25) is 0 Å². The molecule has 0 aromatic carbocycles. The van der Waals surface area contributed by atoms with Crippen LogP contribution in [0.25, 0.3) is 0 Å². The van der Waals surface area contributed by atoms with Crippen LogP contribution in [0, 0.1) is 0 Å². The van der Waals surface area contributed by atoms with Crippen molar-refractivity contribution in [2.75, 3.05) is 26.2 Å². The molecule has 1 aliphatic carbocycles. The van der Waals surface area contributed by atoms with Crippen molar-refractivity contribution < 1.29 is 0 Å². The highest BCUT2D eigenvalue weighted by atomic mass is 15.2. The molecule has 1 saturated carbocycles. The Morgan fingerprint density at radius 1 is 1.15 bits per heavy atom. The van der Waals surface area contributed by atoms with Gasteiger partial charge in [-0.15, -0.1) is 0 Å². The highest BCUT2D eigenvalue weighted by molar-refractivity contribution is 5.22. The molecule has 0 bridgehead atoms. The predicted molar refractivity (Wildman–Crippen MR) is 81.0 cm³/mol. The van der Waals surface area contributed by atoms with E-state index >= 15 is 0 Å². The van der Waals surface area contributed by atoms with Crippen molar-refractivity contribution in [1.82, 2.24) is 20.2 Å². The fraction of sp³-hybridized carbons (Fsp3) is 0.750. The van der Waals surface area contributed by atoms with Gasteiger partial charge in [0.2, 0.25) is 0 Å². The summed E-state index contributed by atoms with van der Waals surface area (Å²) in [6, 6.07) is 2.56. The maximum absolute atomic E-state index is 4.88. The average Bonchev–Trinajstić information content (AvgIpc) is 3.31. The number of hydrogen-bond donors (Lipinski definition) is 1. The van der Waals surface area contributed by atoms with Crippen LogP contribution in [0.1, 0.15) is 68.7 Å². The third kappa shape index (κ3) is 3.01. The topological polar surface area (TPSA) is 41.1 Å². The van der Waals surface area contributed by atoms with Crippen LogP contribution >= 0.6 is 0 Å². The van der Waals surface area contributed by atoms with Crippen LogP contribution in [-0.4, -0.2) is 41.0 Å². The van der Waals surface area contributed by atoms with Gasteiger partial charge in [0.15, 0.2) is 0 Å². The molecule has 3 rings (SSSR count). The number of nitrogens with one attached hydrogen (secondary N) is 1. The molecule has 2 heterocycles. The SMILES string of the molecule is CC(C)c1cc(C2CC2)nc(C(C)N2CCNCC2)n1. The Morgan fingerprint density at radius 3 is 2.45 bits per heavy atom. The van der Waals surface area contributed by atoms with Crippen LogP contribution in [0.15, 0.2) is 6.07 Å². The fourth-order valence-corrected chi connectivity index (χ4v) is 2.81. The third-order valence-electron chi connectivity index (χ3n) is 4.44. The van der Waals surface area contributed by atoms with Crippen molar-refractivity contribution in [1.29, 1.82) is 0 Å². The van der Waals surface area contributed by atoms with E-state index in [0.29, 0.717) is 17.9 Å². The normalized spacial score (nSPS) is 22.2. The number of nitrogens with zero attached hydrogens (tertiary/aromatic N) is 3. The van der Waals surface area contributed by atoms with Gasteiger partial charge >= 0.3 is 0 Å². The molecular formula is C16H26N4. The van der Waals surface area contributed by atoms with E-state index in [4.69, 9.17) is 9.97 Å². The summed E-state index contributed by atoms with van der Waals surface area (Å²) in [5.74, 6) is 2.20. The Bertz CT molecular complexity index is 441. The summed E-state index contributed by atoms with van der Waals surface area (Å²) in [4.78, 5) is 12.2. The lowest BCUT2D eigenvalue weighted by Gasteiger charge is -2.32. The summed E-state index contributed by atoms with van der Waals surface area (Å²) in [5, 5.41) is 3.41. The lowest BCUT2D eigenvalue weighted by atomic mass is 10.1. The molecule has 1 aromatic rings. The Kier molecular flexibility index (Phi) is 4.03. The second-order valence-corrected chi connectivity index (χ2v) is 6.47. The summed E-state index contributed by atoms with van der Waals surface area (Å²) in [6.07, 6.45) is 2.60. The molecule has 20 heavy (non-hydrogen) atoms. The Morgan fingerprint density at radius 2 is 1.85 bits per heavy atom. The zero-order chi connectivity index (χ0) is 14.1. The number of piperazine rings is 1. The number of hydrogen-bond acceptors (Lipinski definition) is 4. The predicted octanol–water partition coefficient (Wildman–Crippen LogP) is 2.44. The highest BCUT2D eigenvalue weighted by Crippen LogP contribution is 2.40. The van der Waals surface area contributed by atoms with Gasteiger partial charge in [-0.2, -0.15) is 0 Å². The van der Waals surface area contributed by atoms with Gasteiger partial charge in [0, 0.05) is 43.5 Å². The molecule has 1 unspecified atom stereocenters. The molecule has 0 amide bonds. The van der Waals surface area contributed by atoms with Gasteiger partial charge < -0.3 is 5.32 Å². The van der Waals surface area contributed by atoms with E-state index in [1.807, 2.05) is 0 Å². The molecule has 0 radical (unpaired) electrons. The first kappa shape index (κ1) is 14.0. The lowest BCUT2D eigenvalue weighted by molar-refractivity contribution is 0.178. The van der Waals surface area contributed by atoms with Crippen molar-refractivity contribution >= 4 is 0 Å². The first-order valence-corrected chi connectivity index (χ1v) is 7.98. The van der Waals surface area contributed by atoms with Crippen molar-refractivity contribution in [3.8, 4) is 0 Å².